The molecule has 0 bridgehead atoms. The smallest absolute Gasteiger partial charge is 0.0572 e. The molecule has 2 rings (SSSR count). The van der Waals surface area contributed by atoms with Crippen LogP contribution in [0.15, 0.2) is 24.4 Å². The van der Waals surface area contributed by atoms with Crippen LogP contribution in [0.2, 0.25) is 0 Å². The van der Waals surface area contributed by atoms with Crippen LogP contribution in [0.5, 0.6) is 0 Å². The molecule has 1 aliphatic heterocycles. The SMILES string of the molecule is C[C@H](c1ccccn1)N1CCC[C@@H](CO)C1. The van der Waals surface area contributed by atoms with Gasteiger partial charge in [0.25, 0.3) is 0 Å². The maximum atomic E-state index is 9.22. The molecule has 0 amide bonds. The summed E-state index contributed by atoms with van der Waals surface area (Å²) in [5.41, 5.74) is 1.13. The van der Waals surface area contributed by atoms with Crippen LogP contribution in [0.3, 0.4) is 0 Å². The summed E-state index contributed by atoms with van der Waals surface area (Å²) in [7, 11) is 0. The predicted molar refractivity (Wildman–Crippen MR) is 64.0 cm³/mol. The molecular weight excluding hydrogens is 200 g/mol. The molecule has 88 valence electrons. The van der Waals surface area contributed by atoms with E-state index in [0.29, 0.717) is 18.6 Å². The second kappa shape index (κ2) is 5.41. The summed E-state index contributed by atoms with van der Waals surface area (Å²) in [6.45, 7) is 4.62. The van der Waals surface area contributed by atoms with Crippen LogP contribution in [0.25, 0.3) is 0 Å². The van der Waals surface area contributed by atoms with Gasteiger partial charge in [0.2, 0.25) is 0 Å². The van der Waals surface area contributed by atoms with Gasteiger partial charge < -0.3 is 5.11 Å². The van der Waals surface area contributed by atoms with E-state index in [0.717, 1.165) is 25.2 Å². The summed E-state index contributed by atoms with van der Waals surface area (Å²) in [6.07, 6.45) is 4.18. The lowest BCUT2D eigenvalue weighted by Gasteiger charge is -2.35. The lowest BCUT2D eigenvalue weighted by Crippen LogP contribution is -2.38. The molecule has 3 heteroatoms. The number of likely N-dealkylation sites (tertiary alicyclic amines) is 1. The minimum Gasteiger partial charge on any atom is -0.396 e. The molecule has 1 aromatic rings. The molecule has 16 heavy (non-hydrogen) atoms. The van der Waals surface area contributed by atoms with Crippen molar-refractivity contribution in [1.82, 2.24) is 9.88 Å². The molecule has 2 atom stereocenters. The van der Waals surface area contributed by atoms with Crippen molar-refractivity contribution in [2.24, 2.45) is 5.92 Å². The van der Waals surface area contributed by atoms with Gasteiger partial charge in [-0.25, -0.2) is 0 Å². The minimum atomic E-state index is 0.311. The van der Waals surface area contributed by atoms with E-state index in [-0.39, 0.29) is 0 Å². The van der Waals surface area contributed by atoms with E-state index in [2.05, 4.69) is 22.9 Å². The Bertz CT molecular complexity index is 315. The van der Waals surface area contributed by atoms with Gasteiger partial charge in [-0.2, -0.15) is 0 Å². The molecule has 1 fully saturated rings. The van der Waals surface area contributed by atoms with Crippen molar-refractivity contribution in [2.45, 2.75) is 25.8 Å². The second-order valence-corrected chi connectivity index (χ2v) is 4.62. The first-order valence-electron chi connectivity index (χ1n) is 6.07. The highest BCUT2D eigenvalue weighted by Gasteiger charge is 2.24. The zero-order valence-electron chi connectivity index (χ0n) is 9.84. The van der Waals surface area contributed by atoms with Crippen molar-refractivity contribution >= 4 is 0 Å². The molecule has 2 heterocycles. The number of piperidine rings is 1. The van der Waals surface area contributed by atoms with Gasteiger partial charge in [-0.15, -0.1) is 0 Å². The summed E-state index contributed by atoms with van der Waals surface area (Å²) in [5, 5.41) is 9.22. The number of aromatic nitrogens is 1. The molecule has 0 radical (unpaired) electrons. The fourth-order valence-corrected chi connectivity index (χ4v) is 2.41. The normalized spacial score (nSPS) is 24.2. The maximum absolute atomic E-state index is 9.22. The Balaban J connectivity index is 2.01. The average molecular weight is 220 g/mol. The standard InChI is InChI=1S/C13H20N2O/c1-11(13-6-2-3-7-14-13)15-8-4-5-12(9-15)10-16/h2-3,6-7,11-12,16H,4-5,8-10H2,1H3/t11-,12-/m1/s1. The van der Waals surface area contributed by atoms with Gasteiger partial charge in [0.05, 0.1) is 5.69 Å². The summed E-state index contributed by atoms with van der Waals surface area (Å²) in [4.78, 5) is 6.82. The topological polar surface area (TPSA) is 36.4 Å². The van der Waals surface area contributed by atoms with Crippen LogP contribution in [-0.2, 0) is 0 Å². The van der Waals surface area contributed by atoms with E-state index in [4.69, 9.17) is 0 Å². The molecule has 1 aliphatic rings. The van der Waals surface area contributed by atoms with Crippen LogP contribution in [0, 0.1) is 5.92 Å². The Hall–Kier alpha value is -0.930. The first-order chi connectivity index (χ1) is 7.81. The van der Waals surface area contributed by atoms with Gasteiger partial charge in [0.15, 0.2) is 0 Å². The van der Waals surface area contributed by atoms with E-state index in [1.807, 2.05) is 18.3 Å². The zero-order chi connectivity index (χ0) is 11.4. The third kappa shape index (κ3) is 2.60. The first-order valence-corrected chi connectivity index (χ1v) is 6.07. The predicted octanol–water partition coefficient (Wildman–Crippen LogP) is 1.85. The third-order valence-corrected chi connectivity index (χ3v) is 3.47. The third-order valence-electron chi connectivity index (χ3n) is 3.47. The van der Waals surface area contributed by atoms with Crippen LogP contribution in [0.1, 0.15) is 31.5 Å². The summed E-state index contributed by atoms with van der Waals surface area (Å²) >= 11 is 0. The lowest BCUT2D eigenvalue weighted by molar-refractivity contribution is 0.0922. The average Bonchev–Trinajstić information content (AvgIpc) is 2.39. The summed E-state index contributed by atoms with van der Waals surface area (Å²) in [5.74, 6) is 0.444. The number of nitrogens with zero attached hydrogens (tertiary/aromatic N) is 2. The van der Waals surface area contributed by atoms with Crippen molar-refractivity contribution in [1.29, 1.82) is 0 Å². The van der Waals surface area contributed by atoms with Gasteiger partial charge in [-0.3, -0.25) is 9.88 Å². The second-order valence-electron chi connectivity index (χ2n) is 4.62. The molecule has 0 aliphatic carbocycles. The lowest BCUT2D eigenvalue weighted by atomic mass is 9.97. The quantitative estimate of drug-likeness (QED) is 0.844. The highest BCUT2D eigenvalue weighted by Crippen LogP contribution is 2.24. The van der Waals surface area contributed by atoms with E-state index in [1.54, 1.807) is 0 Å². The Labute approximate surface area is 97.1 Å². The Kier molecular flexibility index (Phi) is 3.91. The van der Waals surface area contributed by atoms with E-state index >= 15 is 0 Å². The summed E-state index contributed by atoms with van der Waals surface area (Å²) in [6, 6.07) is 6.42. The van der Waals surface area contributed by atoms with Gasteiger partial charge in [-0.05, 0) is 44.4 Å². The number of rotatable bonds is 3. The van der Waals surface area contributed by atoms with Gasteiger partial charge >= 0.3 is 0 Å². The minimum absolute atomic E-state index is 0.311. The van der Waals surface area contributed by atoms with Crippen LogP contribution >= 0.6 is 0 Å². The van der Waals surface area contributed by atoms with Crippen LogP contribution < -0.4 is 0 Å². The molecule has 1 aromatic heterocycles. The number of pyridine rings is 1. The fraction of sp³-hybridized carbons (Fsp3) is 0.615. The molecule has 1 N–H and O–H groups in total. The molecule has 0 spiro atoms. The molecule has 0 unspecified atom stereocenters. The zero-order valence-corrected chi connectivity index (χ0v) is 9.84. The van der Waals surface area contributed by atoms with Crippen molar-refractivity contribution in [3.8, 4) is 0 Å². The number of hydrogen-bond donors (Lipinski definition) is 1. The van der Waals surface area contributed by atoms with Crippen molar-refractivity contribution in [2.75, 3.05) is 19.7 Å². The monoisotopic (exact) mass is 220 g/mol. The molecule has 0 saturated carbocycles. The van der Waals surface area contributed by atoms with E-state index in [1.165, 1.54) is 6.42 Å². The molecule has 3 nitrogen and oxygen atoms in total. The Morgan fingerprint density at radius 2 is 2.44 bits per heavy atom. The largest absolute Gasteiger partial charge is 0.396 e. The van der Waals surface area contributed by atoms with Crippen molar-refractivity contribution < 1.29 is 5.11 Å². The van der Waals surface area contributed by atoms with Crippen LogP contribution in [0.4, 0.5) is 0 Å². The maximum Gasteiger partial charge on any atom is 0.0572 e. The van der Waals surface area contributed by atoms with Crippen LogP contribution in [-0.4, -0.2) is 34.7 Å². The molecular formula is C13H20N2O. The summed E-state index contributed by atoms with van der Waals surface area (Å²) < 4.78 is 0. The Morgan fingerprint density at radius 1 is 1.56 bits per heavy atom. The van der Waals surface area contributed by atoms with E-state index in [9.17, 15) is 5.11 Å². The fourth-order valence-electron chi connectivity index (χ4n) is 2.41. The van der Waals surface area contributed by atoms with Crippen molar-refractivity contribution in [3.63, 3.8) is 0 Å². The number of aliphatic hydroxyl groups is 1. The highest BCUT2D eigenvalue weighted by atomic mass is 16.3. The van der Waals surface area contributed by atoms with Gasteiger partial charge in [-0.1, -0.05) is 6.07 Å². The number of aliphatic hydroxyl groups excluding tert-OH is 1. The highest BCUT2D eigenvalue weighted by molar-refractivity contribution is 5.08. The Morgan fingerprint density at radius 3 is 3.12 bits per heavy atom. The first kappa shape index (κ1) is 11.6. The molecule has 0 aromatic carbocycles. The number of hydrogen-bond acceptors (Lipinski definition) is 3. The van der Waals surface area contributed by atoms with Gasteiger partial charge in [0.1, 0.15) is 0 Å². The van der Waals surface area contributed by atoms with Gasteiger partial charge in [0, 0.05) is 25.4 Å². The molecule has 1 saturated heterocycles. The van der Waals surface area contributed by atoms with E-state index < -0.39 is 0 Å². The van der Waals surface area contributed by atoms with Crippen molar-refractivity contribution in [3.05, 3.63) is 30.1 Å².